The van der Waals surface area contributed by atoms with Gasteiger partial charge in [0, 0.05) is 27.8 Å². The van der Waals surface area contributed by atoms with Crippen LogP contribution in [0, 0.1) is 6.92 Å². The summed E-state index contributed by atoms with van der Waals surface area (Å²) in [5, 5.41) is 11.4. The van der Waals surface area contributed by atoms with Crippen molar-refractivity contribution in [3.05, 3.63) is 41.0 Å². The van der Waals surface area contributed by atoms with Gasteiger partial charge < -0.3 is 14.3 Å². The van der Waals surface area contributed by atoms with Crippen molar-refractivity contribution < 1.29 is 14.3 Å². The predicted octanol–water partition coefficient (Wildman–Crippen LogP) is 6.64. The normalized spacial score (nSPS) is 14.5. The molecule has 0 bridgehead atoms. The minimum Gasteiger partial charge on any atom is -0.543 e. The number of phenolic OH excluding ortho intramolecular Hbond substituents is 1. The SMILES string of the molecule is COc1c(C)c(-c2ccccc2O[Si](C)(C)C(C)(C)C)c(O)c2c1CCCC2. The molecule has 0 radical (unpaired) electrons. The molecule has 1 aliphatic rings. The molecule has 0 fully saturated rings. The monoisotopic (exact) mass is 398 g/mol. The minimum absolute atomic E-state index is 0.102. The first kappa shape index (κ1) is 20.8. The quantitative estimate of drug-likeness (QED) is 0.587. The van der Waals surface area contributed by atoms with E-state index in [-0.39, 0.29) is 5.04 Å². The fourth-order valence-electron chi connectivity index (χ4n) is 3.88. The Morgan fingerprint density at radius 1 is 1.00 bits per heavy atom. The van der Waals surface area contributed by atoms with Crippen molar-refractivity contribution in [2.45, 2.75) is 71.5 Å². The van der Waals surface area contributed by atoms with Gasteiger partial charge in [0.2, 0.25) is 0 Å². The molecular weight excluding hydrogens is 364 g/mol. The van der Waals surface area contributed by atoms with Crippen LogP contribution in [0.1, 0.15) is 50.3 Å². The van der Waals surface area contributed by atoms with Gasteiger partial charge in [-0.15, -0.1) is 0 Å². The maximum atomic E-state index is 11.3. The summed E-state index contributed by atoms with van der Waals surface area (Å²) in [6.45, 7) is 13.3. The standard InChI is InChI=1S/C24H34O3Si/c1-16-21(22(25)17-12-8-9-13-18(17)23(16)26-5)19-14-10-11-15-20(19)27-28(6,7)24(2,3)4/h10-11,14-15,25H,8-9,12-13H2,1-7H3. The summed E-state index contributed by atoms with van der Waals surface area (Å²) in [6.07, 6.45) is 4.12. The number of methoxy groups -OCH3 is 1. The predicted molar refractivity (Wildman–Crippen MR) is 119 cm³/mol. The van der Waals surface area contributed by atoms with E-state index < -0.39 is 8.32 Å². The molecule has 152 valence electrons. The molecule has 1 N–H and O–H groups in total. The number of aromatic hydroxyl groups is 1. The average molecular weight is 399 g/mol. The van der Waals surface area contributed by atoms with Crippen LogP contribution in [-0.2, 0) is 12.8 Å². The maximum Gasteiger partial charge on any atom is 0.250 e. The van der Waals surface area contributed by atoms with Gasteiger partial charge in [-0.3, -0.25) is 0 Å². The molecule has 0 spiro atoms. The second-order valence-electron chi connectivity index (χ2n) is 9.40. The van der Waals surface area contributed by atoms with Crippen molar-refractivity contribution in [1.82, 2.24) is 0 Å². The molecule has 28 heavy (non-hydrogen) atoms. The zero-order chi connectivity index (χ0) is 20.7. The largest absolute Gasteiger partial charge is 0.543 e. The van der Waals surface area contributed by atoms with Crippen LogP contribution in [-0.4, -0.2) is 20.5 Å². The van der Waals surface area contributed by atoms with Gasteiger partial charge in [0.1, 0.15) is 17.2 Å². The van der Waals surface area contributed by atoms with Gasteiger partial charge in [0.15, 0.2) is 0 Å². The van der Waals surface area contributed by atoms with E-state index in [1.54, 1.807) is 7.11 Å². The zero-order valence-corrected chi connectivity index (χ0v) is 19.4. The van der Waals surface area contributed by atoms with E-state index in [9.17, 15) is 5.11 Å². The molecule has 0 atom stereocenters. The Bertz CT molecular complexity index is 855. The summed E-state index contributed by atoms with van der Waals surface area (Å²) < 4.78 is 12.5. The van der Waals surface area contributed by atoms with Crippen molar-refractivity contribution in [2.24, 2.45) is 0 Å². The Hall–Kier alpha value is -1.94. The highest BCUT2D eigenvalue weighted by Crippen LogP contribution is 2.49. The number of benzene rings is 2. The number of ether oxygens (including phenoxy) is 1. The van der Waals surface area contributed by atoms with Crippen LogP contribution in [0.25, 0.3) is 11.1 Å². The molecule has 0 aliphatic heterocycles. The summed E-state index contributed by atoms with van der Waals surface area (Å²) in [5.41, 5.74) is 5.02. The number of fused-ring (bicyclic) bond motifs is 1. The van der Waals surface area contributed by atoms with Crippen LogP contribution in [0.5, 0.6) is 17.2 Å². The van der Waals surface area contributed by atoms with Gasteiger partial charge in [0.05, 0.1) is 7.11 Å². The van der Waals surface area contributed by atoms with Crippen LogP contribution < -0.4 is 9.16 Å². The lowest BCUT2D eigenvalue weighted by Crippen LogP contribution is -2.44. The molecule has 0 aromatic heterocycles. The average Bonchev–Trinajstić information content (AvgIpc) is 2.62. The highest BCUT2D eigenvalue weighted by atomic mass is 28.4. The Labute approximate surface area is 170 Å². The maximum absolute atomic E-state index is 11.3. The van der Waals surface area contributed by atoms with Crippen molar-refractivity contribution >= 4 is 8.32 Å². The van der Waals surface area contributed by atoms with E-state index in [4.69, 9.17) is 9.16 Å². The van der Waals surface area contributed by atoms with Crippen molar-refractivity contribution in [2.75, 3.05) is 7.11 Å². The molecule has 0 heterocycles. The molecule has 2 aromatic carbocycles. The minimum atomic E-state index is -2.01. The summed E-state index contributed by atoms with van der Waals surface area (Å²) in [4.78, 5) is 0. The molecule has 0 saturated carbocycles. The lowest BCUT2D eigenvalue weighted by molar-refractivity contribution is 0.398. The van der Waals surface area contributed by atoms with Crippen LogP contribution in [0.3, 0.4) is 0 Å². The third kappa shape index (κ3) is 3.55. The van der Waals surface area contributed by atoms with Crippen LogP contribution in [0.4, 0.5) is 0 Å². The van der Waals surface area contributed by atoms with Gasteiger partial charge >= 0.3 is 0 Å². The van der Waals surface area contributed by atoms with E-state index >= 15 is 0 Å². The van der Waals surface area contributed by atoms with Gasteiger partial charge in [-0.25, -0.2) is 0 Å². The van der Waals surface area contributed by atoms with Gasteiger partial charge in [-0.1, -0.05) is 39.0 Å². The molecule has 3 nitrogen and oxygen atoms in total. The third-order valence-electron chi connectivity index (χ3n) is 6.51. The smallest absolute Gasteiger partial charge is 0.250 e. The first-order valence-electron chi connectivity index (χ1n) is 10.3. The number of hydrogen-bond donors (Lipinski definition) is 1. The van der Waals surface area contributed by atoms with E-state index in [0.717, 1.165) is 59.4 Å². The number of para-hydroxylation sites is 1. The summed E-state index contributed by atoms with van der Waals surface area (Å²) in [5.74, 6) is 2.18. The van der Waals surface area contributed by atoms with E-state index in [0.29, 0.717) is 5.75 Å². The van der Waals surface area contributed by atoms with E-state index in [2.05, 4.69) is 39.9 Å². The van der Waals surface area contributed by atoms with E-state index in [1.165, 1.54) is 5.56 Å². The highest BCUT2D eigenvalue weighted by molar-refractivity contribution is 6.74. The lowest BCUT2D eigenvalue weighted by Gasteiger charge is -2.37. The molecule has 3 rings (SSSR count). The topological polar surface area (TPSA) is 38.7 Å². The fraction of sp³-hybridized carbons (Fsp3) is 0.500. The molecule has 2 aromatic rings. The van der Waals surface area contributed by atoms with Crippen LogP contribution in [0.2, 0.25) is 18.1 Å². The second-order valence-corrected chi connectivity index (χ2v) is 14.1. The van der Waals surface area contributed by atoms with Crippen molar-refractivity contribution in [3.63, 3.8) is 0 Å². The Kier molecular flexibility index (Phi) is 5.55. The Morgan fingerprint density at radius 3 is 2.21 bits per heavy atom. The summed E-state index contributed by atoms with van der Waals surface area (Å²) in [7, 11) is -0.276. The zero-order valence-electron chi connectivity index (χ0n) is 18.4. The number of rotatable bonds is 4. The molecule has 0 saturated heterocycles. The number of hydrogen-bond acceptors (Lipinski definition) is 3. The molecule has 0 amide bonds. The fourth-order valence-corrected chi connectivity index (χ4v) is 4.92. The summed E-state index contributed by atoms with van der Waals surface area (Å²) >= 11 is 0. The van der Waals surface area contributed by atoms with Crippen molar-refractivity contribution in [3.8, 4) is 28.4 Å². The van der Waals surface area contributed by atoms with Gasteiger partial charge in [-0.2, -0.15) is 0 Å². The first-order chi connectivity index (χ1) is 13.1. The lowest BCUT2D eigenvalue weighted by atomic mass is 9.84. The first-order valence-corrected chi connectivity index (χ1v) is 13.2. The molecule has 0 unspecified atom stereocenters. The number of phenols is 1. The van der Waals surface area contributed by atoms with Gasteiger partial charge in [0.25, 0.3) is 8.32 Å². The Morgan fingerprint density at radius 2 is 1.61 bits per heavy atom. The van der Waals surface area contributed by atoms with Crippen molar-refractivity contribution in [1.29, 1.82) is 0 Å². The van der Waals surface area contributed by atoms with Crippen LogP contribution in [0.15, 0.2) is 24.3 Å². The molecule has 1 aliphatic carbocycles. The van der Waals surface area contributed by atoms with Gasteiger partial charge in [-0.05, 0) is 56.8 Å². The second kappa shape index (κ2) is 7.47. The highest BCUT2D eigenvalue weighted by Gasteiger charge is 2.39. The molecular formula is C24H34O3Si. The van der Waals surface area contributed by atoms with Crippen LogP contribution >= 0.6 is 0 Å². The third-order valence-corrected chi connectivity index (χ3v) is 10.9. The molecule has 4 heteroatoms. The van der Waals surface area contributed by atoms with E-state index in [1.807, 2.05) is 25.1 Å². The summed E-state index contributed by atoms with van der Waals surface area (Å²) in [6, 6.07) is 8.10. The Balaban J connectivity index is 2.21.